The highest BCUT2D eigenvalue weighted by Gasteiger charge is 2.12. The molecular formula is C14H19BrN4. The van der Waals surface area contributed by atoms with Crippen LogP contribution in [0.4, 0.5) is 0 Å². The Bertz CT molecular complexity index is 563. The first kappa shape index (κ1) is 14.2. The number of nitrogens with zero attached hydrogens (tertiary/aromatic N) is 3. The van der Waals surface area contributed by atoms with Gasteiger partial charge in [0, 0.05) is 17.3 Å². The van der Waals surface area contributed by atoms with E-state index < -0.39 is 0 Å². The molecular weight excluding hydrogens is 304 g/mol. The van der Waals surface area contributed by atoms with Crippen LogP contribution in [-0.4, -0.2) is 21.3 Å². The van der Waals surface area contributed by atoms with Crippen LogP contribution in [0.5, 0.6) is 0 Å². The third kappa shape index (κ3) is 3.04. The molecule has 0 amide bonds. The Morgan fingerprint density at radius 1 is 1.26 bits per heavy atom. The fourth-order valence-electron chi connectivity index (χ4n) is 2.06. The predicted octanol–water partition coefficient (Wildman–Crippen LogP) is 2.66. The second-order valence-electron chi connectivity index (χ2n) is 4.37. The molecule has 0 saturated carbocycles. The quantitative estimate of drug-likeness (QED) is 0.920. The molecule has 0 radical (unpaired) electrons. The zero-order chi connectivity index (χ0) is 13.8. The molecule has 0 aliphatic rings. The highest BCUT2D eigenvalue weighted by molar-refractivity contribution is 9.10. The number of aromatic nitrogens is 3. The van der Waals surface area contributed by atoms with E-state index in [2.05, 4.69) is 52.0 Å². The summed E-state index contributed by atoms with van der Waals surface area (Å²) in [5.74, 6) is 1.88. The third-order valence-electron chi connectivity index (χ3n) is 3.04. The number of halogens is 1. The van der Waals surface area contributed by atoms with Crippen molar-refractivity contribution >= 4 is 15.9 Å². The molecule has 0 bridgehead atoms. The van der Waals surface area contributed by atoms with Gasteiger partial charge in [-0.15, -0.1) is 0 Å². The first-order valence-electron chi connectivity index (χ1n) is 6.63. The van der Waals surface area contributed by atoms with E-state index in [-0.39, 0.29) is 0 Å². The molecule has 5 heteroatoms. The Balaban J connectivity index is 2.56. The molecule has 2 rings (SSSR count). The van der Waals surface area contributed by atoms with Gasteiger partial charge in [0.1, 0.15) is 5.82 Å². The van der Waals surface area contributed by atoms with Gasteiger partial charge in [-0.3, -0.25) is 0 Å². The lowest BCUT2D eigenvalue weighted by Crippen LogP contribution is -2.09. The average Bonchev–Trinajstić information content (AvgIpc) is 2.84. The van der Waals surface area contributed by atoms with E-state index in [4.69, 9.17) is 5.73 Å². The molecule has 0 atom stereocenters. The van der Waals surface area contributed by atoms with Gasteiger partial charge in [0.2, 0.25) is 0 Å². The number of hydrogen-bond acceptors (Lipinski definition) is 3. The molecule has 19 heavy (non-hydrogen) atoms. The first-order chi connectivity index (χ1) is 9.19. The Morgan fingerprint density at radius 2 is 2.05 bits per heavy atom. The average molecular weight is 323 g/mol. The first-order valence-corrected chi connectivity index (χ1v) is 7.42. The number of aryl methyl sites for hydroxylation is 2. The molecule has 0 unspecified atom stereocenters. The van der Waals surface area contributed by atoms with Gasteiger partial charge in [-0.1, -0.05) is 35.8 Å². The SMILES string of the molecule is CCc1nc(CC)n(-c2cc(Br)ccc2CCN)n1. The van der Waals surface area contributed by atoms with Crippen LogP contribution in [0, 0.1) is 0 Å². The molecule has 1 aromatic carbocycles. The van der Waals surface area contributed by atoms with Crippen LogP contribution >= 0.6 is 15.9 Å². The normalized spacial score (nSPS) is 10.9. The zero-order valence-corrected chi connectivity index (χ0v) is 12.9. The lowest BCUT2D eigenvalue weighted by molar-refractivity contribution is 0.777. The van der Waals surface area contributed by atoms with E-state index in [1.807, 2.05) is 10.7 Å². The van der Waals surface area contributed by atoms with Crippen molar-refractivity contribution in [2.75, 3.05) is 6.54 Å². The van der Waals surface area contributed by atoms with Crippen molar-refractivity contribution in [3.63, 3.8) is 0 Å². The summed E-state index contributed by atoms with van der Waals surface area (Å²) in [5, 5.41) is 4.60. The summed E-state index contributed by atoms with van der Waals surface area (Å²) in [6, 6.07) is 6.22. The fraction of sp³-hybridized carbons (Fsp3) is 0.429. The maximum Gasteiger partial charge on any atom is 0.151 e. The predicted molar refractivity (Wildman–Crippen MR) is 80.6 cm³/mol. The molecule has 4 nitrogen and oxygen atoms in total. The molecule has 102 valence electrons. The van der Waals surface area contributed by atoms with Gasteiger partial charge in [-0.2, -0.15) is 5.10 Å². The van der Waals surface area contributed by atoms with Gasteiger partial charge >= 0.3 is 0 Å². The Labute approximate surface area is 122 Å². The van der Waals surface area contributed by atoms with Crippen molar-refractivity contribution in [2.45, 2.75) is 33.1 Å². The topological polar surface area (TPSA) is 56.7 Å². The Hall–Kier alpha value is -1.20. The largest absolute Gasteiger partial charge is 0.330 e. The number of rotatable bonds is 5. The van der Waals surface area contributed by atoms with Crippen molar-refractivity contribution in [3.05, 3.63) is 39.9 Å². The van der Waals surface area contributed by atoms with Crippen LogP contribution < -0.4 is 5.73 Å². The van der Waals surface area contributed by atoms with Crippen molar-refractivity contribution in [1.82, 2.24) is 14.8 Å². The smallest absolute Gasteiger partial charge is 0.151 e. The Morgan fingerprint density at radius 3 is 2.68 bits per heavy atom. The molecule has 0 spiro atoms. The minimum atomic E-state index is 0.630. The van der Waals surface area contributed by atoms with Crippen molar-refractivity contribution in [3.8, 4) is 5.69 Å². The maximum absolute atomic E-state index is 5.69. The monoisotopic (exact) mass is 322 g/mol. The summed E-state index contributed by atoms with van der Waals surface area (Å²) >= 11 is 3.52. The van der Waals surface area contributed by atoms with Crippen molar-refractivity contribution in [2.24, 2.45) is 5.73 Å². The highest BCUT2D eigenvalue weighted by Crippen LogP contribution is 2.22. The molecule has 0 fully saturated rings. The van der Waals surface area contributed by atoms with Gasteiger partial charge in [0.15, 0.2) is 5.82 Å². The summed E-state index contributed by atoms with van der Waals surface area (Å²) in [4.78, 5) is 4.56. The van der Waals surface area contributed by atoms with E-state index in [1.165, 1.54) is 5.56 Å². The number of benzene rings is 1. The second kappa shape index (κ2) is 6.30. The summed E-state index contributed by atoms with van der Waals surface area (Å²) in [6.07, 6.45) is 2.55. The minimum Gasteiger partial charge on any atom is -0.330 e. The van der Waals surface area contributed by atoms with Crippen molar-refractivity contribution in [1.29, 1.82) is 0 Å². The second-order valence-corrected chi connectivity index (χ2v) is 5.29. The molecule has 0 aliphatic heterocycles. The van der Waals surface area contributed by atoms with E-state index in [0.29, 0.717) is 6.54 Å². The number of hydrogen-bond donors (Lipinski definition) is 1. The molecule has 0 saturated heterocycles. The highest BCUT2D eigenvalue weighted by atomic mass is 79.9. The summed E-state index contributed by atoms with van der Waals surface area (Å²) in [7, 11) is 0. The number of nitrogens with two attached hydrogens (primary N) is 1. The van der Waals surface area contributed by atoms with Gasteiger partial charge in [-0.25, -0.2) is 9.67 Å². The molecule has 1 heterocycles. The summed E-state index contributed by atoms with van der Waals surface area (Å²) < 4.78 is 2.99. The van der Waals surface area contributed by atoms with Crippen LogP contribution in [0.2, 0.25) is 0 Å². The molecule has 0 aliphatic carbocycles. The van der Waals surface area contributed by atoms with E-state index in [1.54, 1.807) is 0 Å². The Kier molecular flexibility index (Phi) is 4.71. The van der Waals surface area contributed by atoms with E-state index >= 15 is 0 Å². The lowest BCUT2D eigenvalue weighted by atomic mass is 10.1. The van der Waals surface area contributed by atoms with Gasteiger partial charge < -0.3 is 5.73 Å². The molecule has 2 aromatic rings. The lowest BCUT2D eigenvalue weighted by Gasteiger charge is -2.11. The van der Waals surface area contributed by atoms with Crippen LogP contribution in [0.1, 0.15) is 31.1 Å². The third-order valence-corrected chi connectivity index (χ3v) is 3.53. The molecule has 1 aromatic heterocycles. The van der Waals surface area contributed by atoms with Crippen LogP contribution in [0.25, 0.3) is 5.69 Å². The van der Waals surface area contributed by atoms with Crippen molar-refractivity contribution < 1.29 is 0 Å². The zero-order valence-electron chi connectivity index (χ0n) is 11.4. The standard InChI is InChI=1S/C14H19BrN4/c1-3-13-17-14(4-2)19(18-13)12-9-11(15)6-5-10(12)7-8-16/h5-6,9H,3-4,7-8,16H2,1-2H3. The van der Waals surface area contributed by atoms with Gasteiger partial charge in [0.05, 0.1) is 5.69 Å². The van der Waals surface area contributed by atoms with E-state index in [9.17, 15) is 0 Å². The summed E-state index contributed by atoms with van der Waals surface area (Å²) in [5.41, 5.74) is 7.97. The van der Waals surface area contributed by atoms with Crippen LogP contribution in [0.3, 0.4) is 0 Å². The van der Waals surface area contributed by atoms with Gasteiger partial charge in [-0.05, 0) is 30.7 Å². The minimum absolute atomic E-state index is 0.630. The van der Waals surface area contributed by atoms with Crippen LogP contribution in [0.15, 0.2) is 22.7 Å². The fourth-order valence-corrected chi connectivity index (χ4v) is 2.41. The maximum atomic E-state index is 5.69. The molecule has 2 N–H and O–H groups in total. The van der Waals surface area contributed by atoms with E-state index in [0.717, 1.165) is 41.1 Å². The van der Waals surface area contributed by atoms with Gasteiger partial charge in [0.25, 0.3) is 0 Å². The van der Waals surface area contributed by atoms with Crippen LogP contribution in [-0.2, 0) is 19.3 Å². The summed E-state index contributed by atoms with van der Waals surface area (Å²) in [6.45, 7) is 4.80.